The van der Waals surface area contributed by atoms with Crippen molar-refractivity contribution in [3.8, 4) is 11.4 Å². The summed E-state index contributed by atoms with van der Waals surface area (Å²) in [4.78, 5) is 34.4. The molecule has 1 heterocycles. The third-order valence-electron chi connectivity index (χ3n) is 6.16. The predicted molar refractivity (Wildman–Crippen MR) is 139 cm³/mol. The Labute approximate surface area is 205 Å². The molecule has 0 saturated carbocycles. The van der Waals surface area contributed by atoms with Gasteiger partial charge in [0.1, 0.15) is 11.6 Å². The summed E-state index contributed by atoms with van der Waals surface area (Å²) >= 11 is 0. The van der Waals surface area contributed by atoms with Crippen LogP contribution in [0.5, 0.6) is 5.75 Å². The van der Waals surface area contributed by atoms with Gasteiger partial charge in [-0.1, -0.05) is 44.2 Å². The summed E-state index contributed by atoms with van der Waals surface area (Å²) in [6.07, 6.45) is 1.38. The Morgan fingerprint density at radius 3 is 2.51 bits per heavy atom. The Kier molecular flexibility index (Phi) is 7.30. The minimum absolute atomic E-state index is 0.115. The van der Waals surface area contributed by atoms with Gasteiger partial charge in [0.2, 0.25) is 0 Å². The van der Waals surface area contributed by atoms with Crippen LogP contribution in [0.15, 0.2) is 77.6 Å². The third kappa shape index (κ3) is 4.83. The number of fused-ring (bicyclic) bond motifs is 1. The number of hydrogen-bond donors (Lipinski definition) is 0. The number of aromatic nitrogens is 2. The zero-order valence-corrected chi connectivity index (χ0v) is 20.7. The van der Waals surface area contributed by atoms with E-state index in [0.29, 0.717) is 41.0 Å². The number of amides is 1. The van der Waals surface area contributed by atoms with Gasteiger partial charge >= 0.3 is 0 Å². The summed E-state index contributed by atoms with van der Waals surface area (Å²) in [7, 11) is 1.59. The Balaban J connectivity index is 1.94. The van der Waals surface area contributed by atoms with Crippen LogP contribution in [0.2, 0.25) is 0 Å². The maximum atomic E-state index is 13.8. The molecule has 3 aromatic carbocycles. The van der Waals surface area contributed by atoms with Crippen molar-refractivity contribution >= 4 is 16.8 Å². The fourth-order valence-corrected chi connectivity index (χ4v) is 4.49. The number of carbonyl (C=O) groups is 1. The maximum absolute atomic E-state index is 13.8. The molecular weight excluding hydrogens is 438 g/mol. The van der Waals surface area contributed by atoms with Gasteiger partial charge in [-0.2, -0.15) is 0 Å². The van der Waals surface area contributed by atoms with E-state index in [1.165, 1.54) is 0 Å². The van der Waals surface area contributed by atoms with E-state index >= 15 is 0 Å². The first-order valence-electron chi connectivity index (χ1n) is 12.0. The number of benzene rings is 3. The van der Waals surface area contributed by atoms with E-state index in [-0.39, 0.29) is 11.5 Å². The second-order valence-corrected chi connectivity index (χ2v) is 8.62. The van der Waals surface area contributed by atoms with Gasteiger partial charge in [-0.3, -0.25) is 14.2 Å². The van der Waals surface area contributed by atoms with Gasteiger partial charge in [0.05, 0.1) is 29.7 Å². The summed E-state index contributed by atoms with van der Waals surface area (Å²) < 4.78 is 7.01. The van der Waals surface area contributed by atoms with Gasteiger partial charge in [-0.25, -0.2) is 4.98 Å². The van der Waals surface area contributed by atoms with Gasteiger partial charge in [-0.05, 0) is 67.8 Å². The monoisotopic (exact) mass is 469 g/mol. The second kappa shape index (κ2) is 10.6. The zero-order chi connectivity index (χ0) is 24.9. The van der Waals surface area contributed by atoms with Crippen LogP contribution in [0.1, 0.15) is 54.5 Å². The molecular formula is C29H31N3O3. The molecule has 0 radical (unpaired) electrons. The van der Waals surface area contributed by atoms with Gasteiger partial charge in [-0.15, -0.1) is 0 Å². The Morgan fingerprint density at radius 2 is 1.80 bits per heavy atom. The van der Waals surface area contributed by atoms with E-state index in [9.17, 15) is 9.59 Å². The van der Waals surface area contributed by atoms with E-state index in [1.54, 1.807) is 29.9 Å². The summed E-state index contributed by atoms with van der Waals surface area (Å²) in [5.74, 6) is 1.07. The molecule has 0 aliphatic carbocycles. The molecule has 1 amide bonds. The van der Waals surface area contributed by atoms with E-state index in [1.807, 2.05) is 80.3 Å². The molecule has 6 nitrogen and oxygen atoms in total. The average Bonchev–Trinajstić information content (AvgIpc) is 2.88. The van der Waals surface area contributed by atoms with Crippen LogP contribution in [0, 0.1) is 6.92 Å². The molecule has 4 aromatic rings. The summed E-state index contributed by atoms with van der Waals surface area (Å²) in [5.41, 5.74) is 2.81. The SMILES string of the molecule is CCCN(C(=O)c1cccc(OC)c1)C(CC)c1nc2ccccc2c(=O)n1-c1cccc(C)c1. The molecule has 1 aromatic heterocycles. The fraction of sp³-hybridized carbons (Fsp3) is 0.276. The molecule has 0 N–H and O–H groups in total. The maximum Gasteiger partial charge on any atom is 0.266 e. The highest BCUT2D eigenvalue weighted by molar-refractivity contribution is 5.95. The van der Waals surface area contributed by atoms with E-state index in [4.69, 9.17) is 9.72 Å². The van der Waals surface area contributed by atoms with Crippen LogP contribution in [0.25, 0.3) is 16.6 Å². The highest BCUT2D eigenvalue weighted by atomic mass is 16.5. The lowest BCUT2D eigenvalue weighted by atomic mass is 10.1. The normalized spacial score (nSPS) is 11.9. The fourth-order valence-electron chi connectivity index (χ4n) is 4.49. The van der Waals surface area contributed by atoms with Crippen molar-refractivity contribution in [2.45, 2.75) is 39.7 Å². The first-order valence-corrected chi connectivity index (χ1v) is 12.0. The third-order valence-corrected chi connectivity index (χ3v) is 6.16. The average molecular weight is 470 g/mol. The molecule has 0 fully saturated rings. The Bertz CT molecular complexity index is 1410. The van der Waals surface area contributed by atoms with Crippen molar-refractivity contribution in [3.05, 3.63) is 100 Å². The van der Waals surface area contributed by atoms with Crippen molar-refractivity contribution in [2.24, 2.45) is 0 Å². The first-order chi connectivity index (χ1) is 17.0. The largest absolute Gasteiger partial charge is 0.497 e. The quantitative estimate of drug-likeness (QED) is 0.332. The number of nitrogens with zero attached hydrogens (tertiary/aromatic N) is 3. The highest BCUT2D eigenvalue weighted by Crippen LogP contribution is 2.28. The molecule has 1 atom stereocenters. The first kappa shape index (κ1) is 24.2. The minimum Gasteiger partial charge on any atom is -0.497 e. The number of aryl methyl sites for hydroxylation is 1. The molecule has 0 bridgehead atoms. The van der Waals surface area contributed by atoms with Crippen molar-refractivity contribution < 1.29 is 9.53 Å². The van der Waals surface area contributed by atoms with Crippen LogP contribution < -0.4 is 10.3 Å². The number of methoxy groups -OCH3 is 1. The molecule has 4 rings (SSSR count). The smallest absolute Gasteiger partial charge is 0.266 e. The van der Waals surface area contributed by atoms with Crippen LogP contribution in [0.3, 0.4) is 0 Å². The number of hydrogen-bond acceptors (Lipinski definition) is 4. The summed E-state index contributed by atoms with van der Waals surface area (Å²) in [6.45, 7) is 6.59. The standard InChI is InChI=1S/C29H31N3O3/c1-5-17-31(28(33)21-12-10-14-23(19-21)35-4)26(6-2)27-30-25-16-8-7-15-24(25)29(34)32(27)22-13-9-11-20(3)18-22/h7-16,18-19,26H,5-6,17H2,1-4H3. The topological polar surface area (TPSA) is 64.4 Å². The van der Waals surface area contributed by atoms with Gasteiger partial charge in [0.25, 0.3) is 11.5 Å². The number of para-hydroxylation sites is 1. The molecule has 6 heteroatoms. The van der Waals surface area contributed by atoms with Crippen LogP contribution in [0.4, 0.5) is 0 Å². The lowest BCUT2D eigenvalue weighted by molar-refractivity contribution is 0.0659. The molecule has 1 unspecified atom stereocenters. The Morgan fingerprint density at radius 1 is 1.03 bits per heavy atom. The number of ether oxygens (including phenoxy) is 1. The zero-order valence-electron chi connectivity index (χ0n) is 20.7. The van der Waals surface area contributed by atoms with Crippen molar-refractivity contribution in [1.82, 2.24) is 14.5 Å². The van der Waals surface area contributed by atoms with Crippen molar-refractivity contribution in [3.63, 3.8) is 0 Å². The lowest BCUT2D eigenvalue weighted by Gasteiger charge is -2.32. The summed E-state index contributed by atoms with van der Waals surface area (Å²) in [6, 6.07) is 22.0. The molecule has 180 valence electrons. The number of rotatable bonds is 8. The van der Waals surface area contributed by atoms with E-state index in [0.717, 1.165) is 17.7 Å². The highest BCUT2D eigenvalue weighted by Gasteiger charge is 2.29. The van der Waals surface area contributed by atoms with E-state index < -0.39 is 6.04 Å². The molecule has 0 spiro atoms. The lowest BCUT2D eigenvalue weighted by Crippen LogP contribution is -2.39. The minimum atomic E-state index is -0.397. The van der Waals surface area contributed by atoms with Crippen LogP contribution in [-0.2, 0) is 0 Å². The second-order valence-electron chi connectivity index (χ2n) is 8.62. The van der Waals surface area contributed by atoms with Crippen molar-refractivity contribution in [1.29, 1.82) is 0 Å². The molecule has 35 heavy (non-hydrogen) atoms. The van der Waals surface area contributed by atoms with Crippen LogP contribution in [-0.4, -0.2) is 34.0 Å². The van der Waals surface area contributed by atoms with Gasteiger partial charge in [0, 0.05) is 12.1 Å². The van der Waals surface area contributed by atoms with Crippen LogP contribution >= 0.6 is 0 Å². The summed E-state index contributed by atoms with van der Waals surface area (Å²) in [5, 5.41) is 0.550. The number of carbonyl (C=O) groups excluding carboxylic acids is 1. The predicted octanol–water partition coefficient (Wildman–Crippen LogP) is 5.71. The molecule has 0 saturated heterocycles. The molecule has 0 aliphatic heterocycles. The van der Waals surface area contributed by atoms with E-state index in [2.05, 4.69) is 0 Å². The van der Waals surface area contributed by atoms with Gasteiger partial charge in [0.15, 0.2) is 0 Å². The Hall–Kier alpha value is -3.93. The molecule has 0 aliphatic rings. The van der Waals surface area contributed by atoms with Gasteiger partial charge < -0.3 is 9.64 Å². The van der Waals surface area contributed by atoms with Crippen molar-refractivity contribution in [2.75, 3.05) is 13.7 Å².